The molecule has 3 amide bonds. The monoisotopic (exact) mass is 505 g/mol. The highest BCUT2D eigenvalue weighted by Gasteiger charge is 2.30. The Hall–Kier alpha value is -2.38. The van der Waals surface area contributed by atoms with Crippen LogP contribution in [0.2, 0.25) is 0 Å². The predicted molar refractivity (Wildman–Crippen MR) is 129 cm³/mol. The molecule has 12 nitrogen and oxygen atoms in total. The standard InChI is InChI=1S/C21H39N5O7S/c1-12(2)10-13(23)18(29)24-14(6-4-5-8-22)19(30)25-15(7-9-34-3)20(31)26-16(21(32)33)11-17(27)28/h12-16H,4-11,22-23H2,1-3H3,(H,24,29)(H,25,30)(H,26,31)(H,27,28)(H,32,33). The summed E-state index contributed by atoms with van der Waals surface area (Å²) < 4.78 is 0. The molecule has 4 unspecified atom stereocenters. The van der Waals surface area contributed by atoms with Crippen LogP contribution < -0.4 is 27.4 Å². The SMILES string of the molecule is CSCCC(NC(=O)C(CCCCN)NC(=O)C(N)CC(C)C)C(=O)NC(CC(=O)O)C(=O)O. The molecule has 0 aliphatic heterocycles. The van der Waals surface area contributed by atoms with E-state index < -0.39 is 60.2 Å². The van der Waals surface area contributed by atoms with Crippen LogP contribution in [0.3, 0.4) is 0 Å². The number of carboxylic acid groups (broad SMARTS) is 2. The quantitative estimate of drug-likeness (QED) is 0.116. The molecule has 0 aliphatic rings. The van der Waals surface area contributed by atoms with Crippen molar-refractivity contribution in [3.05, 3.63) is 0 Å². The van der Waals surface area contributed by atoms with Gasteiger partial charge in [0.15, 0.2) is 0 Å². The van der Waals surface area contributed by atoms with Crippen LogP contribution in [0.15, 0.2) is 0 Å². The van der Waals surface area contributed by atoms with Gasteiger partial charge < -0.3 is 37.6 Å². The Kier molecular flexibility index (Phi) is 15.9. The van der Waals surface area contributed by atoms with E-state index in [4.69, 9.17) is 16.6 Å². The summed E-state index contributed by atoms with van der Waals surface area (Å²) in [7, 11) is 0. The fraction of sp³-hybridized carbons (Fsp3) is 0.762. The van der Waals surface area contributed by atoms with Crippen molar-refractivity contribution in [2.45, 2.75) is 76.5 Å². The van der Waals surface area contributed by atoms with Gasteiger partial charge in [0, 0.05) is 0 Å². The van der Waals surface area contributed by atoms with Gasteiger partial charge in [-0.15, -0.1) is 0 Å². The Labute approximate surface area is 204 Å². The van der Waals surface area contributed by atoms with E-state index in [-0.39, 0.29) is 18.8 Å². The molecule has 0 bridgehead atoms. The first-order valence-electron chi connectivity index (χ1n) is 11.2. The van der Waals surface area contributed by atoms with E-state index in [1.807, 2.05) is 13.8 Å². The van der Waals surface area contributed by atoms with E-state index in [1.54, 1.807) is 6.26 Å². The van der Waals surface area contributed by atoms with Crippen molar-refractivity contribution in [1.29, 1.82) is 0 Å². The maximum absolute atomic E-state index is 13.0. The molecular formula is C21H39N5O7S. The Morgan fingerprint density at radius 3 is 1.85 bits per heavy atom. The second kappa shape index (κ2) is 17.1. The van der Waals surface area contributed by atoms with Crippen LogP contribution in [0.1, 0.15) is 52.4 Å². The molecule has 0 spiro atoms. The Bertz CT molecular complexity index is 692. The minimum absolute atomic E-state index is 0.175. The van der Waals surface area contributed by atoms with Gasteiger partial charge in [0.25, 0.3) is 0 Å². The molecule has 4 atom stereocenters. The van der Waals surface area contributed by atoms with E-state index in [0.717, 1.165) is 0 Å². The van der Waals surface area contributed by atoms with Crippen LogP contribution in [0.4, 0.5) is 0 Å². The van der Waals surface area contributed by atoms with Crippen LogP contribution in [-0.2, 0) is 24.0 Å². The summed E-state index contributed by atoms with van der Waals surface area (Å²) in [5.41, 5.74) is 11.4. The zero-order valence-electron chi connectivity index (χ0n) is 20.0. The highest BCUT2D eigenvalue weighted by molar-refractivity contribution is 7.98. The van der Waals surface area contributed by atoms with Crippen molar-refractivity contribution in [3.8, 4) is 0 Å². The molecule has 0 aromatic heterocycles. The van der Waals surface area contributed by atoms with Gasteiger partial charge in [0.05, 0.1) is 12.5 Å². The second-order valence-corrected chi connectivity index (χ2v) is 9.41. The third-order valence-electron chi connectivity index (χ3n) is 4.88. The fourth-order valence-corrected chi connectivity index (χ4v) is 3.55. The van der Waals surface area contributed by atoms with Crippen molar-refractivity contribution >= 4 is 41.4 Å². The molecule has 0 saturated carbocycles. The highest BCUT2D eigenvalue weighted by atomic mass is 32.2. The van der Waals surface area contributed by atoms with Crippen molar-refractivity contribution in [3.63, 3.8) is 0 Å². The maximum Gasteiger partial charge on any atom is 0.326 e. The molecule has 0 saturated heterocycles. The summed E-state index contributed by atoms with van der Waals surface area (Å²) in [6.07, 6.45) is 3.05. The van der Waals surface area contributed by atoms with E-state index in [1.165, 1.54) is 11.8 Å². The summed E-state index contributed by atoms with van der Waals surface area (Å²) in [6, 6.07) is -4.52. The number of amides is 3. The number of nitrogens with two attached hydrogens (primary N) is 2. The summed E-state index contributed by atoms with van der Waals surface area (Å²) in [6.45, 7) is 4.25. The summed E-state index contributed by atoms with van der Waals surface area (Å²) in [5.74, 6) is -4.17. The number of hydrogen-bond acceptors (Lipinski definition) is 8. The van der Waals surface area contributed by atoms with Gasteiger partial charge in [-0.2, -0.15) is 11.8 Å². The van der Waals surface area contributed by atoms with Crippen LogP contribution in [0, 0.1) is 5.92 Å². The van der Waals surface area contributed by atoms with Crippen LogP contribution in [-0.4, -0.2) is 82.6 Å². The van der Waals surface area contributed by atoms with Gasteiger partial charge in [0.2, 0.25) is 17.7 Å². The molecule has 0 heterocycles. The van der Waals surface area contributed by atoms with E-state index >= 15 is 0 Å². The summed E-state index contributed by atoms with van der Waals surface area (Å²) in [4.78, 5) is 60.4. The highest BCUT2D eigenvalue weighted by Crippen LogP contribution is 2.08. The zero-order chi connectivity index (χ0) is 26.3. The zero-order valence-corrected chi connectivity index (χ0v) is 20.9. The molecule has 0 fully saturated rings. The molecule has 0 aromatic rings. The Morgan fingerprint density at radius 2 is 1.38 bits per heavy atom. The first-order valence-corrected chi connectivity index (χ1v) is 12.6. The van der Waals surface area contributed by atoms with Crippen LogP contribution in [0.5, 0.6) is 0 Å². The summed E-state index contributed by atoms with van der Waals surface area (Å²) in [5, 5.41) is 25.5. The smallest absolute Gasteiger partial charge is 0.326 e. The van der Waals surface area contributed by atoms with E-state index in [0.29, 0.717) is 31.6 Å². The first-order chi connectivity index (χ1) is 15.9. The average Bonchev–Trinajstić information content (AvgIpc) is 2.74. The molecule has 196 valence electrons. The number of thioether (sulfide) groups is 1. The minimum Gasteiger partial charge on any atom is -0.481 e. The molecule has 0 aromatic carbocycles. The number of aliphatic carboxylic acids is 2. The number of nitrogens with one attached hydrogen (secondary N) is 3. The van der Waals surface area contributed by atoms with Crippen molar-refractivity contribution in [1.82, 2.24) is 16.0 Å². The molecule has 9 N–H and O–H groups in total. The van der Waals surface area contributed by atoms with Crippen LogP contribution >= 0.6 is 11.8 Å². The lowest BCUT2D eigenvalue weighted by molar-refractivity contribution is -0.147. The van der Waals surface area contributed by atoms with Gasteiger partial charge in [-0.25, -0.2) is 4.79 Å². The lowest BCUT2D eigenvalue weighted by Crippen LogP contribution is -2.57. The predicted octanol–water partition coefficient (Wildman–Crippen LogP) is -0.744. The number of rotatable bonds is 18. The number of hydrogen-bond donors (Lipinski definition) is 7. The van der Waals surface area contributed by atoms with E-state index in [2.05, 4.69) is 16.0 Å². The minimum atomic E-state index is -1.65. The lowest BCUT2D eigenvalue weighted by atomic mass is 10.0. The van der Waals surface area contributed by atoms with Crippen molar-refractivity contribution in [2.24, 2.45) is 17.4 Å². The number of carboxylic acids is 2. The van der Waals surface area contributed by atoms with E-state index in [9.17, 15) is 29.1 Å². The van der Waals surface area contributed by atoms with Gasteiger partial charge in [-0.3, -0.25) is 19.2 Å². The average molecular weight is 506 g/mol. The first kappa shape index (κ1) is 31.6. The normalized spacial score (nSPS) is 14.5. The number of unbranched alkanes of at least 4 members (excludes halogenated alkanes) is 1. The molecule has 34 heavy (non-hydrogen) atoms. The fourth-order valence-electron chi connectivity index (χ4n) is 3.08. The van der Waals surface area contributed by atoms with Crippen molar-refractivity contribution in [2.75, 3.05) is 18.6 Å². The molecule has 0 radical (unpaired) electrons. The van der Waals surface area contributed by atoms with Gasteiger partial charge in [-0.05, 0) is 56.6 Å². The molecule has 0 aliphatic carbocycles. The van der Waals surface area contributed by atoms with Gasteiger partial charge in [-0.1, -0.05) is 13.8 Å². The Balaban J connectivity index is 5.47. The van der Waals surface area contributed by atoms with Crippen molar-refractivity contribution < 1.29 is 34.2 Å². The number of carbonyl (C=O) groups excluding carboxylic acids is 3. The Morgan fingerprint density at radius 1 is 0.853 bits per heavy atom. The molecule has 0 rings (SSSR count). The molecule has 13 heteroatoms. The third kappa shape index (κ3) is 13.4. The summed E-state index contributed by atoms with van der Waals surface area (Å²) >= 11 is 1.41. The second-order valence-electron chi connectivity index (χ2n) is 8.42. The van der Waals surface area contributed by atoms with Gasteiger partial charge >= 0.3 is 11.9 Å². The number of carbonyl (C=O) groups is 5. The van der Waals surface area contributed by atoms with Gasteiger partial charge in [0.1, 0.15) is 18.1 Å². The topological polar surface area (TPSA) is 214 Å². The molecular weight excluding hydrogens is 466 g/mol. The van der Waals surface area contributed by atoms with Crippen LogP contribution in [0.25, 0.3) is 0 Å². The lowest BCUT2D eigenvalue weighted by Gasteiger charge is -2.25. The maximum atomic E-state index is 13.0. The largest absolute Gasteiger partial charge is 0.481 e. The third-order valence-corrected chi connectivity index (χ3v) is 5.52.